The molecule has 0 amide bonds. The lowest BCUT2D eigenvalue weighted by Gasteiger charge is -2.15. The number of nitrogens with zero attached hydrogens (tertiary/aromatic N) is 3. The topological polar surface area (TPSA) is 69.4 Å². The first kappa shape index (κ1) is 18.9. The molecule has 27 heavy (non-hydrogen) atoms. The van der Waals surface area contributed by atoms with Crippen LogP contribution in [0.3, 0.4) is 0 Å². The van der Waals surface area contributed by atoms with Gasteiger partial charge in [-0.3, -0.25) is 0 Å². The Bertz CT molecular complexity index is 849. The summed E-state index contributed by atoms with van der Waals surface area (Å²) in [7, 11) is 1.62. The predicted octanol–water partition coefficient (Wildman–Crippen LogP) is 3.35. The first-order valence-corrected chi connectivity index (χ1v) is 9.13. The fraction of sp³-hybridized carbons (Fsp3) is 0.333. The molecule has 3 aromatic rings. The van der Waals surface area contributed by atoms with Crippen LogP contribution >= 0.6 is 0 Å². The number of benzene rings is 2. The van der Waals surface area contributed by atoms with Crippen LogP contribution in [0.15, 0.2) is 54.7 Å². The smallest absolute Gasteiger partial charge is 0.161 e. The van der Waals surface area contributed by atoms with E-state index in [1.165, 1.54) is 5.56 Å². The Morgan fingerprint density at radius 3 is 2.67 bits per heavy atom. The normalized spacial score (nSPS) is 12.0. The highest BCUT2D eigenvalue weighted by atomic mass is 16.5. The molecule has 142 valence electrons. The van der Waals surface area contributed by atoms with Crippen molar-refractivity contribution in [3.8, 4) is 22.8 Å². The summed E-state index contributed by atoms with van der Waals surface area (Å²) in [4.78, 5) is 0. The molecule has 0 saturated heterocycles. The van der Waals surface area contributed by atoms with Gasteiger partial charge in [-0.25, -0.2) is 4.68 Å². The number of rotatable bonds is 9. The van der Waals surface area contributed by atoms with Crippen LogP contribution in [-0.4, -0.2) is 39.9 Å². The highest BCUT2D eigenvalue weighted by molar-refractivity contribution is 5.57. The van der Waals surface area contributed by atoms with E-state index in [2.05, 4.69) is 17.2 Å². The maximum absolute atomic E-state index is 10.3. The van der Waals surface area contributed by atoms with E-state index in [4.69, 9.17) is 9.47 Å². The van der Waals surface area contributed by atoms with Crippen LogP contribution in [0, 0.1) is 0 Å². The molecule has 1 unspecified atom stereocenters. The molecule has 1 heterocycles. The molecule has 1 atom stereocenters. The number of aliphatic hydroxyl groups is 1. The lowest BCUT2D eigenvalue weighted by Crippen LogP contribution is -2.24. The average molecular weight is 367 g/mol. The van der Waals surface area contributed by atoms with Gasteiger partial charge >= 0.3 is 0 Å². The highest BCUT2D eigenvalue weighted by Crippen LogP contribution is 2.28. The summed E-state index contributed by atoms with van der Waals surface area (Å²) in [6.07, 6.45) is 3.18. The van der Waals surface area contributed by atoms with E-state index in [0.29, 0.717) is 18.0 Å². The monoisotopic (exact) mass is 367 g/mol. The van der Waals surface area contributed by atoms with Crippen LogP contribution in [0.4, 0.5) is 0 Å². The number of methoxy groups -OCH3 is 1. The van der Waals surface area contributed by atoms with Crippen LogP contribution in [0.5, 0.6) is 11.5 Å². The van der Waals surface area contributed by atoms with Gasteiger partial charge in [-0.2, -0.15) is 0 Å². The van der Waals surface area contributed by atoms with Gasteiger partial charge in [0, 0.05) is 5.56 Å². The van der Waals surface area contributed by atoms with Crippen LogP contribution in [0.25, 0.3) is 11.3 Å². The lowest BCUT2D eigenvalue weighted by atomic mass is 10.1. The fourth-order valence-electron chi connectivity index (χ4n) is 2.86. The molecule has 1 N–H and O–H groups in total. The molecule has 0 radical (unpaired) electrons. The van der Waals surface area contributed by atoms with Gasteiger partial charge in [0.25, 0.3) is 0 Å². The molecule has 0 bridgehead atoms. The minimum atomic E-state index is -0.713. The third-order valence-corrected chi connectivity index (χ3v) is 4.20. The number of hydrogen-bond donors (Lipinski definition) is 1. The first-order chi connectivity index (χ1) is 13.2. The van der Waals surface area contributed by atoms with Gasteiger partial charge in [-0.15, -0.1) is 5.10 Å². The third-order valence-electron chi connectivity index (χ3n) is 4.20. The van der Waals surface area contributed by atoms with Crippen molar-refractivity contribution in [1.82, 2.24) is 15.0 Å². The molecule has 1 aromatic heterocycles. The highest BCUT2D eigenvalue weighted by Gasteiger charge is 2.12. The second-order valence-corrected chi connectivity index (χ2v) is 6.39. The number of ether oxygens (including phenoxy) is 2. The minimum absolute atomic E-state index is 0.143. The van der Waals surface area contributed by atoms with E-state index in [-0.39, 0.29) is 6.61 Å². The zero-order chi connectivity index (χ0) is 19.1. The number of hydrogen-bond acceptors (Lipinski definition) is 5. The zero-order valence-electron chi connectivity index (χ0n) is 15.7. The Kier molecular flexibility index (Phi) is 6.44. The van der Waals surface area contributed by atoms with E-state index in [1.54, 1.807) is 11.8 Å². The maximum Gasteiger partial charge on any atom is 0.161 e. The van der Waals surface area contributed by atoms with E-state index in [9.17, 15) is 5.11 Å². The third kappa shape index (κ3) is 5.08. The summed E-state index contributed by atoms with van der Waals surface area (Å²) < 4.78 is 12.8. The van der Waals surface area contributed by atoms with Crippen molar-refractivity contribution in [3.05, 3.63) is 60.3 Å². The Hall–Kier alpha value is -2.86. The zero-order valence-corrected chi connectivity index (χ0v) is 15.7. The molecule has 2 aromatic carbocycles. The average Bonchev–Trinajstić information content (AvgIpc) is 3.16. The molecule has 0 fully saturated rings. The van der Waals surface area contributed by atoms with Crippen molar-refractivity contribution in [2.24, 2.45) is 0 Å². The van der Waals surface area contributed by atoms with Crippen LogP contribution in [0.1, 0.15) is 18.9 Å². The van der Waals surface area contributed by atoms with Gasteiger partial charge in [0.15, 0.2) is 11.5 Å². The Morgan fingerprint density at radius 1 is 1.11 bits per heavy atom. The van der Waals surface area contributed by atoms with Gasteiger partial charge in [-0.05, 0) is 24.1 Å². The molecular weight excluding hydrogens is 342 g/mol. The summed E-state index contributed by atoms with van der Waals surface area (Å²) in [5.41, 5.74) is 2.97. The Labute approximate surface area is 159 Å². The van der Waals surface area contributed by atoms with Crippen molar-refractivity contribution in [2.75, 3.05) is 13.7 Å². The van der Waals surface area contributed by atoms with Crippen LogP contribution in [0.2, 0.25) is 0 Å². The number of aryl methyl sites for hydroxylation is 1. The van der Waals surface area contributed by atoms with Gasteiger partial charge in [0.1, 0.15) is 18.4 Å². The molecule has 0 aliphatic rings. The second-order valence-electron chi connectivity index (χ2n) is 6.39. The molecule has 0 spiro atoms. The number of aliphatic hydroxyl groups excluding tert-OH is 1. The fourth-order valence-corrected chi connectivity index (χ4v) is 2.86. The SMILES string of the molecule is CCCc1ccc(OCC(O)Cn2cc(-c3ccccc3)nn2)c(OC)c1. The van der Waals surface area contributed by atoms with Crippen molar-refractivity contribution in [3.63, 3.8) is 0 Å². The van der Waals surface area contributed by atoms with Gasteiger partial charge < -0.3 is 14.6 Å². The summed E-state index contributed by atoms with van der Waals surface area (Å²) in [6.45, 7) is 2.58. The lowest BCUT2D eigenvalue weighted by molar-refractivity contribution is 0.0874. The Morgan fingerprint density at radius 2 is 1.93 bits per heavy atom. The first-order valence-electron chi connectivity index (χ1n) is 9.13. The summed E-state index contributed by atoms with van der Waals surface area (Å²) in [6, 6.07) is 15.7. The maximum atomic E-state index is 10.3. The molecule has 6 nitrogen and oxygen atoms in total. The van der Waals surface area contributed by atoms with Crippen molar-refractivity contribution in [2.45, 2.75) is 32.4 Å². The van der Waals surface area contributed by atoms with Gasteiger partial charge in [0.2, 0.25) is 0 Å². The van der Waals surface area contributed by atoms with Crippen molar-refractivity contribution in [1.29, 1.82) is 0 Å². The largest absolute Gasteiger partial charge is 0.493 e. The van der Waals surface area contributed by atoms with Gasteiger partial charge in [0.05, 0.1) is 19.9 Å². The van der Waals surface area contributed by atoms with Crippen molar-refractivity contribution >= 4 is 0 Å². The molecule has 3 rings (SSSR count). The summed E-state index contributed by atoms with van der Waals surface area (Å²) >= 11 is 0. The van der Waals surface area contributed by atoms with Crippen molar-refractivity contribution < 1.29 is 14.6 Å². The summed E-state index contributed by atoms with van der Waals surface area (Å²) in [5, 5.41) is 18.5. The quantitative estimate of drug-likeness (QED) is 0.628. The van der Waals surface area contributed by atoms with E-state index in [1.807, 2.05) is 54.7 Å². The van der Waals surface area contributed by atoms with E-state index in [0.717, 1.165) is 24.1 Å². The standard InChI is InChI=1S/C21H25N3O3/c1-3-7-16-10-11-20(21(12-16)26-2)27-15-18(25)13-24-14-19(22-23-24)17-8-5-4-6-9-17/h4-6,8-12,14,18,25H,3,7,13,15H2,1-2H3. The summed E-state index contributed by atoms with van der Waals surface area (Å²) in [5.74, 6) is 1.31. The molecule has 0 saturated carbocycles. The Balaban J connectivity index is 1.57. The van der Waals surface area contributed by atoms with E-state index >= 15 is 0 Å². The molecule has 0 aliphatic heterocycles. The predicted molar refractivity (Wildman–Crippen MR) is 104 cm³/mol. The second kappa shape index (κ2) is 9.19. The van der Waals surface area contributed by atoms with Crippen LogP contribution in [-0.2, 0) is 13.0 Å². The number of aromatic nitrogens is 3. The minimum Gasteiger partial charge on any atom is -0.493 e. The molecule has 0 aliphatic carbocycles. The molecule has 6 heteroatoms. The van der Waals surface area contributed by atoms with E-state index < -0.39 is 6.10 Å². The van der Waals surface area contributed by atoms with Crippen LogP contribution < -0.4 is 9.47 Å². The van der Waals surface area contributed by atoms with Gasteiger partial charge in [-0.1, -0.05) is 55.0 Å². The molecular formula is C21H25N3O3.